The Balaban J connectivity index is 0.837. The van der Waals surface area contributed by atoms with Crippen LogP contribution < -0.4 is 30.1 Å². The van der Waals surface area contributed by atoms with E-state index in [0.29, 0.717) is 66.1 Å². The molecule has 1 amide bonds. The quantitative estimate of drug-likeness (QED) is 0.104. The van der Waals surface area contributed by atoms with Crippen LogP contribution >= 0.6 is 0 Å². The molecule has 3 aromatic heterocycles. The number of carbonyl (C=O) groups is 1. The van der Waals surface area contributed by atoms with Crippen molar-refractivity contribution in [2.24, 2.45) is 5.41 Å². The molecule has 0 bridgehead atoms. The molecule has 4 aliphatic heterocycles. The van der Waals surface area contributed by atoms with E-state index in [1.54, 1.807) is 24.7 Å². The number of hydrogen-bond donors (Lipinski definition) is 4. The van der Waals surface area contributed by atoms with Gasteiger partial charge in [-0.15, -0.1) is 0 Å². The molecule has 16 heteroatoms. The molecule has 4 fully saturated rings. The summed E-state index contributed by atoms with van der Waals surface area (Å²) in [5.41, 5.74) is 11.7. The number of ether oxygens (including phenoxy) is 3. The van der Waals surface area contributed by atoms with Crippen LogP contribution in [0.4, 0.5) is 17.1 Å². The lowest BCUT2D eigenvalue weighted by Crippen LogP contribution is -2.55. The first-order chi connectivity index (χ1) is 30.5. The Bertz CT molecular complexity index is 2600. The highest BCUT2D eigenvalue weighted by atomic mass is 32.2. The van der Waals surface area contributed by atoms with Crippen LogP contribution in [0.1, 0.15) is 85.9 Å². The fraction of sp³-hybridized carbons (Fsp3) is 0.468. The molecule has 1 spiro atoms. The molecular formula is C47H57N9O6S. The number of nitrogens with one attached hydrogen (secondary N) is 3. The zero-order valence-electron chi connectivity index (χ0n) is 36.0. The van der Waals surface area contributed by atoms with Crippen molar-refractivity contribution in [2.45, 2.75) is 81.3 Å². The van der Waals surface area contributed by atoms with Gasteiger partial charge in [-0.05, 0) is 85.7 Å². The molecule has 7 heterocycles. The second-order valence-corrected chi connectivity index (χ2v) is 20.0. The Morgan fingerprint density at radius 3 is 2.63 bits per heavy atom. The maximum Gasteiger partial charge on any atom is 0.287 e. The van der Waals surface area contributed by atoms with Gasteiger partial charge in [-0.2, -0.15) is 0 Å². The third-order valence-corrected chi connectivity index (χ3v) is 15.2. The number of carbonyl (C=O) groups excluding carboxylic acids is 1. The number of morpholine rings is 1. The molecule has 5 aliphatic rings. The second-order valence-electron chi connectivity index (χ2n) is 18.3. The lowest BCUT2D eigenvalue weighted by atomic mass is 9.59. The first-order valence-electron chi connectivity index (χ1n) is 22.4. The summed E-state index contributed by atoms with van der Waals surface area (Å²) in [4.78, 5) is 33.3. The zero-order valence-corrected chi connectivity index (χ0v) is 36.8. The summed E-state index contributed by atoms with van der Waals surface area (Å²) >= 11 is 0. The van der Waals surface area contributed by atoms with Crippen molar-refractivity contribution in [1.82, 2.24) is 29.5 Å². The molecule has 2 aromatic carbocycles. The van der Waals surface area contributed by atoms with Crippen molar-refractivity contribution in [3.63, 3.8) is 0 Å². The van der Waals surface area contributed by atoms with E-state index in [9.17, 15) is 13.2 Å². The van der Waals surface area contributed by atoms with E-state index in [1.807, 2.05) is 12.1 Å². The Kier molecular flexibility index (Phi) is 11.2. The Hall–Kier alpha value is -5.42. The van der Waals surface area contributed by atoms with Gasteiger partial charge in [0, 0.05) is 68.5 Å². The molecular weight excluding hydrogens is 819 g/mol. The molecule has 5 N–H and O–H groups in total. The first kappa shape index (κ1) is 41.6. The number of rotatable bonds is 11. The highest BCUT2D eigenvalue weighted by Crippen LogP contribution is 2.54. The molecule has 0 radical (unpaired) electrons. The van der Waals surface area contributed by atoms with E-state index in [0.717, 1.165) is 63.2 Å². The largest absolute Gasteiger partial charge is 0.489 e. The number of nitrogens with zero attached hydrogens (tertiary/aromatic N) is 5. The fourth-order valence-electron chi connectivity index (χ4n) is 10.6. The number of nitrogen functional groups attached to an aromatic ring is 1. The summed E-state index contributed by atoms with van der Waals surface area (Å²) in [7, 11) is -4.42. The van der Waals surface area contributed by atoms with E-state index in [4.69, 9.17) is 19.9 Å². The van der Waals surface area contributed by atoms with Crippen LogP contribution in [0.3, 0.4) is 0 Å². The average molecular weight is 876 g/mol. The minimum absolute atomic E-state index is 0.0382. The summed E-state index contributed by atoms with van der Waals surface area (Å²) in [5, 5.41) is 4.23. The molecule has 332 valence electrons. The van der Waals surface area contributed by atoms with Crippen molar-refractivity contribution >= 4 is 44.0 Å². The van der Waals surface area contributed by atoms with Crippen LogP contribution in [0.5, 0.6) is 17.2 Å². The number of aromatic amines is 1. The summed E-state index contributed by atoms with van der Waals surface area (Å²) in [6.07, 6.45) is 12.0. The van der Waals surface area contributed by atoms with Gasteiger partial charge in [-0.1, -0.05) is 38.1 Å². The van der Waals surface area contributed by atoms with Crippen LogP contribution in [-0.2, 0) is 14.8 Å². The smallest absolute Gasteiger partial charge is 0.287 e. The predicted molar refractivity (Wildman–Crippen MR) is 242 cm³/mol. The number of pyridine rings is 2. The van der Waals surface area contributed by atoms with Gasteiger partial charge >= 0.3 is 0 Å². The van der Waals surface area contributed by atoms with E-state index in [2.05, 4.69) is 77.8 Å². The van der Waals surface area contributed by atoms with Crippen molar-refractivity contribution in [2.75, 3.05) is 75.0 Å². The van der Waals surface area contributed by atoms with E-state index in [-0.39, 0.29) is 28.1 Å². The zero-order chi connectivity index (χ0) is 43.3. The van der Waals surface area contributed by atoms with Gasteiger partial charge < -0.3 is 35.1 Å². The number of anilines is 3. The van der Waals surface area contributed by atoms with E-state index < -0.39 is 15.9 Å². The lowest BCUT2D eigenvalue weighted by molar-refractivity contribution is -0.0228. The van der Waals surface area contributed by atoms with Crippen LogP contribution in [-0.4, -0.2) is 110 Å². The average Bonchev–Trinajstić information content (AvgIpc) is 3.96. The molecule has 5 aromatic rings. The topological polar surface area (TPSA) is 180 Å². The predicted octanol–water partition coefficient (Wildman–Crippen LogP) is 6.67. The number of aromatic nitrogens is 3. The first-order valence-corrected chi connectivity index (χ1v) is 23.9. The molecule has 1 aliphatic carbocycles. The molecule has 3 saturated heterocycles. The number of amides is 1. The summed E-state index contributed by atoms with van der Waals surface area (Å²) in [5.74, 6) is 0.360. The maximum absolute atomic E-state index is 14.0. The summed E-state index contributed by atoms with van der Waals surface area (Å²) in [6.45, 7) is 11.5. The van der Waals surface area contributed by atoms with Crippen molar-refractivity contribution in [3.05, 3.63) is 90.0 Å². The van der Waals surface area contributed by atoms with Crippen LogP contribution in [0, 0.1) is 5.41 Å². The minimum Gasteiger partial charge on any atom is -0.489 e. The minimum atomic E-state index is -4.42. The fourth-order valence-corrected chi connectivity index (χ4v) is 11.6. The SMILES string of the molecule is CC(C)c1ccccc1[C@@H]1CCCN1C1CC2(CCN(c3cnc(C(=O)NS(=O)(=O)c4cc(N)c5c(c4)OC[C@H](CN4CCOCC4)N5)c(Oc4cnc5[nH]ccc5c4)c3)CC2)C1. The summed E-state index contributed by atoms with van der Waals surface area (Å²) < 4.78 is 47.7. The third kappa shape index (κ3) is 8.41. The monoisotopic (exact) mass is 875 g/mol. The number of H-pyrrole nitrogens is 1. The maximum atomic E-state index is 14.0. The molecule has 15 nitrogen and oxygen atoms in total. The van der Waals surface area contributed by atoms with Crippen molar-refractivity contribution < 1.29 is 27.4 Å². The number of nitrogens with two attached hydrogens (primary N) is 1. The van der Waals surface area contributed by atoms with E-state index >= 15 is 0 Å². The lowest BCUT2D eigenvalue weighted by Gasteiger charge is -2.56. The van der Waals surface area contributed by atoms with Crippen molar-refractivity contribution in [3.8, 4) is 17.2 Å². The standard InChI is InChI=1S/C47H57N9O6S/c1-30(2)37-6-3-4-7-38(37)40-8-5-13-56(40)34-24-47(25-34)10-14-55(15-11-47)33-21-42(62-35-20-31-9-12-49-45(31)51-27-35)44(50-26-33)46(57)53-63(58,59)36-22-39(48)43-41(23-36)61-29-32(52-43)28-54-16-18-60-19-17-54/h3-4,6-7,9,12,20-23,26-27,30,32,34,40,52H,5,8,10-11,13-19,24-25,28-29,48H2,1-2H3,(H,49,51)(H,53,57)/t32-,40-/m0/s1. The Morgan fingerprint density at radius 1 is 1.02 bits per heavy atom. The highest BCUT2D eigenvalue weighted by Gasteiger charge is 2.50. The van der Waals surface area contributed by atoms with Gasteiger partial charge in [0.15, 0.2) is 11.4 Å². The van der Waals surface area contributed by atoms with Crippen LogP contribution in [0.15, 0.2) is 78.1 Å². The number of piperidine rings is 1. The highest BCUT2D eigenvalue weighted by molar-refractivity contribution is 7.90. The van der Waals surface area contributed by atoms with E-state index in [1.165, 1.54) is 48.9 Å². The number of fused-ring (bicyclic) bond motifs is 2. The molecule has 10 rings (SSSR count). The normalized spacial score (nSPS) is 21.8. The van der Waals surface area contributed by atoms with Gasteiger partial charge in [0.2, 0.25) is 0 Å². The second kappa shape index (κ2) is 16.9. The summed E-state index contributed by atoms with van der Waals surface area (Å²) in [6, 6.07) is 18.3. The third-order valence-electron chi connectivity index (χ3n) is 13.9. The van der Waals surface area contributed by atoms with Gasteiger partial charge in [-0.25, -0.2) is 23.1 Å². The number of hydrogen-bond acceptors (Lipinski definition) is 13. The molecule has 63 heavy (non-hydrogen) atoms. The van der Waals surface area contributed by atoms with Crippen LogP contribution in [0.25, 0.3) is 11.0 Å². The molecule has 1 saturated carbocycles. The van der Waals surface area contributed by atoms with Gasteiger partial charge in [0.25, 0.3) is 15.9 Å². The van der Waals surface area contributed by atoms with Gasteiger partial charge in [-0.3, -0.25) is 14.6 Å². The molecule has 2 atom stereocenters. The molecule has 0 unspecified atom stereocenters. The number of likely N-dealkylation sites (tertiary alicyclic amines) is 1. The number of sulfonamides is 1. The van der Waals surface area contributed by atoms with Gasteiger partial charge in [0.05, 0.1) is 47.9 Å². The van der Waals surface area contributed by atoms with Crippen LogP contribution in [0.2, 0.25) is 0 Å². The Morgan fingerprint density at radius 2 is 1.83 bits per heavy atom. The van der Waals surface area contributed by atoms with Crippen molar-refractivity contribution in [1.29, 1.82) is 0 Å². The number of benzene rings is 2. The van der Waals surface area contributed by atoms with Gasteiger partial charge in [0.1, 0.15) is 29.4 Å². The Labute approximate surface area is 368 Å².